The molecule has 0 saturated carbocycles. The van der Waals surface area contributed by atoms with Crippen molar-refractivity contribution in [2.24, 2.45) is 5.84 Å². The number of rotatable bonds is 5. The minimum atomic E-state index is -0.496. The van der Waals surface area contributed by atoms with E-state index in [4.69, 9.17) is 10.6 Å². The zero-order valence-electron chi connectivity index (χ0n) is 11.6. The van der Waals surface area contributed by atoms with Crippen molar-refractivity contribution in [3.63, 3.8) is 0 Å². The first-order valence-corrected chi connectivity index (χ1v) is 6.45. The molecule has 0 saturated heterocycles. The van der Waals surface area contributed by atoms with E-state index in [9.17, 15) is 4.39 Å². The van der Waals surface area contributed by atoms with Gasteiger partial charge in [-0.05, 0) is 23.6 Å². The topological polar surface area (TPSA) is 60.2 Å². The first kappa shape index (κ1) is 14.4. The molecule has 0 amide bonds. The predicted molar refractivity (Wildman–Crippen MR) is 75.7 cm³/mol. The summed E-state index contributed by atoms with van der Waals surface area (Å²) in [5.41, 5.74) is 5.16. The average Bonchev–Trinajstić information content (AvgIpc) is 2.50. The maximum atomic E-state index is 14.3. The Hall–Kier alpha value is -1.98. The normalized spacial score (nSPS) is 12.2. The highest BCUT2D eigenvalue weighted by atomic mass is 19.1. The third-order valence-electron chi connectivity index (χ3n) is 3.31. The summed E-state index contributed by atoms with van der Waals surface area (Å²) < 4.78 is 19.3. The van der Waals surface area contributed by atoms with E-state index in [2.05, 4.69) is 17.3 Å². The summed E-state index contributed by atoms with van der Waals surface area (Å²) in [5.74, 6) is 5.12. The smallest absolute Gasteiger partial charge is 0.250 e. The third kappa shape index (κ3) is 2.64. The van der Waals surface area contributed by atoms with Gasteiger partial charge in [0.05, 0.1) is 13.2 Å². The van der Waals surface area contributed by atoms with Crippen LogP contribution in [0.3, 0.4) is 0 Å². The first-order chi connectivity index (χ1) is 9.72. The lowest BCUT2D eigenvalue weighted by Gasteiger charge is -2.20. The maximum Gasteiger partial charge on any atom is 0.250 e. The van der Waals surface area contributed by atoms with Crippen molar-refractivity contribution in [3.05, 3.63) is 59.0 Å². The van der Waals surface area contributed by atoms with Crippen molar-refractivity contribution in [1.29, 1.82) is 0 Å². The number of nitrogens with zero attached hydrogens (tertiary/aromatic N) is 1. The van der Waals surface area contributed by atoms with E-state index < -0.39 is 11.9 Å². The van der Waals surface area contributed by atoms with Crippen molar-refractivity contribution in [3.8, 4) is 5.88 Å². The van der Waals surface area contributed by atoms with Crippen LogP contribution in [0.1, 0.15) is 29.7 Å². The first-order valence-electron chi connectivity index (χ1n) is 6.45. The Balaban J connectivity index is 2.53. The SMILES string of the molecule is CCc1ccccc1C(NN)c1ccnc(OC)c1F. The number of hydrazine groups is 1. The molecule has 0 bridgehead atoms. The molecule has 3 N–H and O–H groups in total. The van der Waals surface area contributed by atoms with Gasteiger partial charge < -0.3 is 4.74 Å². The molecular weight excluding hydrogens is 257 g/mol. The number of benzene rings is 1. The molecule has 106 valence electrons. The van der Waals surface area contributed by atoms with Crippen LogP contribution < -0.4 is 16.0 Å². The van der Waals surface area contributed by atoms with Crippen molar-refractivity contribution in [1.82, 2.24) is 10.4 Å². The lowest BCUT2D eigenvalue weighted by molar-refractivity contribution is 0.364. The summed E-state index contributed by atoms with van der Waals surface area (Å²) in [6, 6.07) is 8.98. The van der Waals surface area contributed by atoms with Gasteiger partial charge in [-0.25, -0.2) is 14.8 Å². The largest absolute Gasteiger partial charge is 0.479 e. The second kappa shape index (κ2) is 6.45. The lowest BCUT2D eigenvalue weighted by Crippen LogP contribution is -2.30. The Labute approximate surface area is 117 Å². The lowest BCUT2D eigenvalue weighted by atomic mass is 9.94. The van der Waals surface area contributed by atoms with E-state index in [0.29, 0.717) is 5.56 Å². The Kier molecular flexibility index (Phi) is 4.65. The summed E-state index contributed by atoms with van der Waals surface area (Å²) in [6.45, 7) is 2.05. The van der Waals surface area contributed by atoms with Gasteiger partial charge in [0.2, 0.25) is 5.88 Å². The summed E-state index contributed by atoms with van der Waals surface area (Å²) in [7, 11) is 1.39. The van der Waals surface area contributed by atoms with Gasteiger partial charge in [-0.1, -0.05) is 31.2 Å². The summed E-state index contributed by atoms with van der Waals surface area (Å²) in [5, 5.41) is 0. The summed E-state index contributed by atoms with van der Waals surface area (Å²) in [4.78, 5) is 3.84. The fourth-order valence-electron chi connectivity index (χ4n) is 2.29. The van der Waals surface area contributed by atoms with E-state index in [1.54, 1.807) is 6.07 Å². The number of ether oxygens (including phenoxy) is 1. The molecule has 0 fully saturated rings. The monoisotopic (exact) mass is 275 g/mol. The number of nitrogens with one attached hydrogen (secondary N) is 1. The number of hydrogen-bond acceptors (Lipinski definition) is 4. The fourth-order valence-corrected chi connectivity index (χ4v) is 2.29. The molecule has 0 aliphatic carbocycles. The second-order valence-electron chi connectivity index (χ2n) is 4.38. The Morgan fingerprint density at radius 2 is 2.05 bits per heavy atom. The van der Waals surface area contributed by atoms with Gasteiger partial charge in [-0.3, -0.25) is 5.84 Å². The molecule has 1 atom stereocenters. The number of pyridine rings is 1. The maximum absolute atomic E-state index is 14.3. The minimum Gasteiger partial charge on any atom is -0.479 e. The van der Waals surface area contributed by atoms with Crippen LogP contribution in [0.4, 0.5) is 4.39 Å². The molecule has 0 aliphatic rings. The Bertz CT molecular complexity index is 589. The number of methoxy groups -OCH3 is 1. The van der Waals surface area contributed by atoms with Gasteiger partial charge >= 0.3 is 0 Å². The van der Waals surface area contributed by atoms with Crippen LogP contribution in [0.15, 0.2) is 36.5 Å². The van der Waals surface area contributed by atoms with Crippen molar-refractivity contribution in [2.45, 2.75) is 19.4 Å². The molecule has 0 aliphatic heterocycles. The molecule has 0 radical (unpaired) electrons. The number of aryl methyl sites for hydroxylation is 1. The summed E-state index contributed by atoms with van der Waals surface area (Å²) in [6.07, 6.45) is 2.36. The molecule has 4 nitrogen and oxygen atoms in total. The van der Waals surface area contributed by atoms with E-state index >= 15 is 0 Å². The predicted octanol–water partition coefficient (Wildman–Crippen LogP) is 2.34. The van der Waals surface area contributed by atoms with Crippen LogP contribution in [0, 0.1) is 5.82 Å². The molecular formula is C15H18FN3O. The van der Waals surface area contributed by atoms with Crippen LogP contribution in [0.2, 0.25) is 0 Å². The zero-order chi connectivity index (χ0) is 14.5. The van der Waals surface area contributed by atoms with E-state index in [-0.39, 0.29) is 5.88 Å². The molecule has 5 heteroatoms. The molecule has 0 spiro atoms. The van der Waals surface area contributed by atoms with Crippen LogP contribution in [-0.2, 0) is 6.42 Å². The van der Waals surface area contributed by atoms with Crippen molar-refractivity contribution < 1.29 is 9.13 Å². The molecule has 1 aromatic heterocycles. The third-order valence-corrected chi connectivity index (χ3v) is 3.31. The molecule has 20 heavy (non-hydrogen) atoms. The number of hydrogen-bond donors (Lipinski definition) is 2. The van der Waals surface area contributed by atoms with Crippen LogP contribution in [0.25, 0.3) is 0 Å². The van der Waals surface area contributed by atoms with Crippen LogP contribution in [0.5, 0.6) is 5.88 Å². The molecule has 1 unspecified atom stereocenters. The second-order valence-corrected chi connectivity index (χ2v) is 4.38. The van der Waals surface area contributed by atoms with Gasteiger partial charge in [0, 0.05) is 11.8 Å². The molecule has 2 rings (SSSR count). The highest BCUT2D eigenvalue weighted by Crippen LogP contribution is 2.29. The Morgan fingerprint density at radius 3 is 2.70 bits per heavy atom. The number of aromatic nitrogens is 1. The average molecular weight is 275 g/mol. The number of nitrogens with two attached hydrogens (primary N) is 1. The van der Waals surface area contributed by atoms with E-state index in [0.717, 1.165) is 17.5 Å². The minimum absolute atomic E-state index is 0.0308. The fraction of sp³-hybridized carbons (Fsp3) is 0.267. The van der Waals surface area contributed by atoms with Gasteiger partial charge in [0.15, 0.2) is 5.82 Å². The molecule has 2 aromatic rings. The van der Waals surface area contributed by atoms with Gasteiger partial charge in [0.1, 0.15) is 0 Å². The van der Waals surface area contributed by atoms with E-state index in [1.807, 2.05) is 24.3 Å². The Morgan fingerprint density at radius 1 is 1.30 bits per heavy atom. The molecule has 1 aromatic carbocycles. The quantitative estimate of drug-likeness (QED) is 0.649. The van der Waals surface area contributed by atoms with Crippen LogP contribution >= 0.6 is 0 Å². The van der Waals surface area contributed by atoms with Crippen molar-refractivity contribution >= 4 is 0 Å². The van der Waals surface area contributed by atoms with Gasteiger partial charge in [-0.15, -0.1) is 0 Å². The number of halogens is 1. The molecule has 1 heterocycles. The van der Waals surface area contributed by atoms with Gasteiger partial charge in [0.25, 0.3) is 0 Å². The standard InChI is InChI=1S/C15H18FN3O/c1-3-10-6-4-5-7-11(10)14(19-17)12-8-9-18-15(20-2)13(12)16/h4-9,14,19H,3,17H2,1-2H3. The van der Waals surface area contributed by atoms with Crippen LogP contribution in [-0.4, -0.2) is 12.1 Å². The summed E-state index contributed by atoms with van der Waals surface area (Å²) >= 11 is 0. The van der Waals surface area contributed by atoms with E-state index in [1.165, 1.54) is 13.3 Å². The zero-order valence-corrected chi connectivity index (χ0v) is 11.6. The van der Waals surface area contributed by atoms with Gasteiger partial charge in [-0.2, -0.15) is 0 Å². The highest BCUT2D eigenvalue weighted by molar-refractivity contribution is 5.39. The highest BCUT2D eigenvalue weighted by Gasteiger charge is 2.21. The van der Waals surface area contributed by atoms with Crippen molar-refractivity contribution in [2.75, 3.05) is 7.11 Å².